The number of benzene rings is 1. The first-order valence-electron chi connectivity index (χ1n) is 6.88. The van der Waals surface area contributed by atoms with Crippen molar-refractivity contribution in [3.05, 3.63) is 39.7 Å². The number of fused-ring (bicyclic) bond motifs is 1. The van der Waals surface area contributed by atoms with Crippen LogP contribution in [-0.2, 0) is 10.4 Å². The minimum atomic E-state index is -0.631. The van der Waals surface area contributed by atoms with E-state index in [2.05, 4.69) is 12.4 Å². The summed E-state index contributed by atoms with van der Waals surface area (Å²) in [6.07, 6.45) is 2.77. The summed E-state index contributed by atoms with van der Waals surface area (Å²) in [5.74, 6) is 0.137. The molecule has 0 aromatic heterocycles. The fraction of sp³-hybridized carbons (Fsp3) is 0.571. The van der Waals surface area contributed by atoms with Crippen LogP contribution in [-0.4, -0.2) is 11.5 Å². The molecule has 2 fully saturated rings. The topological polar surface area (TPSA) is 64.4 Å². The van der Waals surface area contributed by atoms with Gasteiger partial charge in [0.15, 0.2) is 0 Å². The van der Waals surface area contributed by atoms with Gasteiger partial charge in [-0.05, 0) is 18.4 Å². The predicted octanol–water partition coefficient (Wildman–Crippen LogP) is 2.90. The molecule has 1 aliphatic carbocycles. The smallest absolute Gasteiger partial charge is 0.269 e. The number of hydrogen-bond donors (Lipinski definition) is 1. The van der Waals surface area contributed by atoms with Crippen LogP contribution in [0, 0.1) is 27.8 Å². The van der Waals surface area contributed by atoms with Gasteiger partial charge in [0.25, 0.3) is 5.69 Å². The summed E-state index contributed by atoms with van der Waals surface area (Å²) >= 11 is 0. The van der Waals surface area contributed by atoms with Crippen LogP contribution in [0.25, 0.3) is 0 Å². The summed E-state index contributed by atoms with van der Waals surface area (Å²) in [5.41, 5.74) is 2.61. The van der Waals surface area contributed by atoms with Crippen LogP contribution in [0.2, 0.25) is 0 Å². The molecule has 2 aliphatic rings. The van der Waals surface area contributed by atoms with Crippen LogP contribution >= 0.6 is 0 Å². The van der Waals surface area contributed by atoms with Gasteiger partial charge >= 0.3 is 0 Å². The second-order valence-corrected chi connectivity index (χ2v) is 5.78. The van der Waals surface area contributed by atoms with E-state index in [0.29, 0.717) is 18.1 Å². The molecule has 5 nitrogen and oxygen atoms in total. The number of nitrogens with zero attached hydrogens (tertiary/aromatic N) is 1. The third kappa shape index (κ3) is 1.91. The van der Waals surface area contributed by atoms with Crippen molar-refractivity contribution in [2.75, 3.05) is 6.61 Å². The van der Waals surface area contributed by atoms with Crippen molar-refractivity contribution in [2.45, 2.75) is 31.7 Å². The van der Waals surface area contributed by atoms with Crippen LogP contribution in [0.3, 0.4) is 0 Å². The number of nitro groups is 1. The molecule has 3 rings (SSSR count). The minimum absolute atomic E-state index is 0.0820. The monoisotopic (exact) mass is 280 g/mol. The predicted molar refractivity (Wildman–Crippen MR) is 70.3 cm³/mol. The van der Waals surface area contributed by atoms with Gasteiger partial charge in [-0.1, -0.05) is 19.8 Å². The lowest BCUT2D eigenvalue weighted by atomic mass is 9.65. The second kappa shape index (κ2) is 4.79. The number of nitrogens with one attached hydrogen (secondary N) is 1. The van der Waals surface area contributed by atoms with Gasteiger partial charge in [0.2, 0.25) is 0 Å². The number of halogens is 1. The summed E-state index contributed by atoms with van der Waals surface area (Å²) in [6.45, 7) is 2.65. The lowest BCUT2D eigenvalue weighted by molar-refractivity contribution is -0.385. The van der Waals surface area contributed by atoms with Gasteiger partial charge in [-0.15, -0.1) is 0 Å². The Morgan fingerprint density at radius 1 is 1.55 bits per heavy atom. The van der Waals surface area contributed by atoms with E-state index in [1.165, 1.54) is 18.2 Å². The van der Waals surface area contributed by atoms with Gasteiger partial charge in [0.1, 0.15) is 5.82 Å². The first-order chi connectivity index (χ1) is 9.54. The maximum Gasteiger partial charge on any atom is 0.269 e. The highest BCUT2D eigenvalue weighted by atomic mass is 19.1. The van der Waals surface area contributed by atoms with Crippen molar-refractivity contribution in [1.82, 2.24) is 5.48 Å². The molecule has 1 N–H and O–H groups in total. The van der Waals surface area contributed by atoms with E-state index < -0.39 is 16.3 Å². The van der Waals surface area contributed by atoms with E-state index in [1.807, 2.05) is 0 Å². The summed E-state index contributed by atoms with van der Waals surface area (Å²) in [6, 6.07) is 3.73. The molecule has 108 valence electrons. The Labute approximate surface area is 116 Å². The molecular formula is C14H17FN2O3. The van der Waals surface area contributed by atoms with Crippen molar-refractivity contribution >= 4 is 5.69 Å². The Hall–Kier alpha value is -1.53. The van der Waals surface area contributed by atoms with Crippen molar-refractivity contribution < 1.29 is 14.2 Å². The van der Waals surface area contributed by atoms with Gasteiger partial charge in [-0.3, -0.25) is 10.1 Å². The molecule has 1 aliphatic heterocycles. The Bertz CT molecular complexity index is 551. The minimum Gasteiger partial charge on any atom is -0.301 e. The van der Waals surface area contributed by atoms with Gasteiger partial charge in [0.05, 0.1) is 17.1 Å². The van der Waals surface area contributed by atoms with Crippen LogP contribution in [0.4, 0.5) is 10.1 Å². The molecule has 1 aromatic rings. The highest BCUT2D eigenvalue weighted by molar-refractivity contribution is 5.40. The fourth-order valence-corrected chi connectivity index (χ4v) is 3.63. The number of non-ortho nitro benzene ring substituents is 1. The van der Waals surface area contributed by atoms with Crippen molar-refractivity contribution in [3.63, 3.8) is 0 Å². The quantitative estimate of drug-likeness (QED) is 0.668. The normalized spacial score (nSPS) is 32.9. The Kier molecular flexibility index (Phi) is 3.22. The number of hydroxylamine groups is 1. The zero-order valence-corrected chi connectivity index (χ0v) is 11.3. The first-order valence-corrected chi connectivity index (χ1v) is 6.88. The summed E-state index contributed by atoms with van der Waals surface area (Å²) in [4.78, 5) is 15.8. The van der Waals surface area contributed by atoms with E-state index in [4.69, 9.17) is 4.84 Å². The number of hydrogen-bond acceptors (Lipinski definition) is 4. The molecule has 1 aromatic carbocycles. The molecular weight excluding hydrogens is 263 g/mol. The molecule has 0 spiro atoms. The van der Waals surface area contributed by atoms with E-state index >= 15 is 0 Å². The average Bonchev–Trinajstić information content (AvgIpc) is 2.85. The third-order valence-corrected chi connectivity index (χ3v) is 4.71. The van der Waals surface area contributed by atoms with Crippen LogP contribution in [0.5, 0.6) is 0 Å². The van der Waals surface area contributed by atoms with Crippen molar-refractivity contribution in [1.29, 1.82) is 0 Å². The molecule has 1 heterocycles. The Balaban J connectivity index is 2.10. The molecule has 0 radical (unpaired) electrons. The maximum atomic E-state index is 14.3. The lowest BCUT2D eigenvalue weighted by Gasteiger charge is -2.41. The van der Waals surface area contributed by atoms with E-state index in [0.717, 1.165) is 19.3 Å². The average molecular weight is 280 g/mol. The van der Waals surface area contributed by atoms with Crippen molar-refractivity contribution in [3.8, 4) is 0 Å². The molecule has 1 saturated heterocycles. The molecule has 2 unspecified atom stereocenters. The van der Waals surface area contributed by atoms with E-state index in [1.54, 1.807) is 0 Å². The van der Waals surface area contributed by atoms with Crippen LogP contribution in [0.15, 0.2) is 18.2 Å². The summed E-state index contributed by atoms with van der Waals surface area (Å²) in [7, 11) is 0. The standard InChI is InChI=1S/C14H17FN2O3/c1-9-3-2-6-14(12(9)8-20-16-14)11-7-10(17(18)19)4-5-13(11)15/h4-5,7,9,12,16H,2-3,6,8H2,1H3/t9-,12?,14?/m0/s1. The number of nitro benzene ring substituents is 1. The van der Waals surface area contributed by atoms with Crippen LogP contribution < -0.4 is 5.48 Å². The zero-order valence-electron chi connectivity index (χ0n) is 11.3. The highest BCUT2D eigenvalue weighted by Crippen LogP contribution is 2.48. The molecule has 6 heteroatoms. The summed E-state index contributed by atoms with van der Waals surface area (Å²) < 4.78 is 14.3. The molecule has 0 amide bonds. The largest absolute Gasteiger partial charge is 0.301 e. The molecule has 1 saturated carbocycles. The van der Waals surface area contributed by atoms with E-state index in [-0.39, 0.29) is 11.6 Å². The van der Waals surface area contributed by atoms with Gasteiger partial charge in [-0.2, -0.15) is 5.48 Å². The Morgan fingerprint density at radius 2 is 2.35 bits per heavy atom. The van der Waals surface area contributed by atoms with Gasteiger partial charge in [0, 0.05) is 23.6 Å². The van der Waals surface area contributed by atoms with Crippen molar-refractivity contribution in [2.24, 2.45) is 11.8 Å². The van der Waals surface area contributed by atoms with Gasteiger partial charge < -0.3 is 4.84 Å². The van der Waals surface area contributed by atoms with Gasteiger partial charge in [-0.25, -0.2) is 4.39 Å². The third-order valence-electron chi connectivity index (χ3n) is 4.71. The second-order valence-electron chi connectivity index (χ2n) is 5.78. The maximum absolute atomic E-state index is 14.3. The molecule has 20 heavy (non-hydrogen) atoms. The first kappa shape index (κ1) is 13.5. The van der Waals surface area contributed by atoms with E-state index in [9.17, 15) is 14.5 Å². The summed E-state index contributed by atoms with van der Waals surface area (Å²) in [5, 5.41) is 10.9. The lowest BCUT2D eigenvalue weighted by Crippen LogP contribution is -2.47. The van der Waals surface area contributed by atoms with Crippen LogP contribution in [0.1, 0.15) is 31.7 Å². The number of rotatable bonds is 2. The highest BCUT2D eigenvalue weighted by Gasteiger charge is 2.51. The fourth-order valence-electron chi connectivity index (χ4n) is 3.63. The Morgan fingerprint density at radius 3 is 3.10 bits per heavy atom. The zero-order chi connectivity index (χ0) is 14.3. The SMILES string of the molecule is C[C@H]1CCCC2(c3cc([N+](=O)[O-])ccc3F)NOCC12. The molecule has 3 atom stereocenters. The molecule has 0 bridgehead atoms.